The zero-order valence-corrected chi connectivity index (χ0v) is 50.5. The van der Waals surface area contributed by atoms with E-state index in [0.29, 0.717) is 0 Å². The van der Waals surface area contributed by atoms with Crippen LogP contribution in [-0.2, 0) is 0 Å². The third-order valence-electron chi connectivity index (χ3n) is 20.0. The summed E-state index contributed by atoms with van der Waals surface area (Å²) >= 11 is 0. The van der Waals surface area contributed by atoms with E-state index in [0.717, 1.165) is 5.69 Å². The molecule has 0 radical (unpaired) electrons. The van der Waals surface area contributed by atoms with Gasteiger partial charge in [-0.3, -0.25) is 0 Å². The summed E-state index contributed by atoms with van der Waals surface area (Å²) in [6, 6.07) is 58.2. The Hall–Kier alpha value is -7.01. The molecule has 0 saturated heterocycles. The second kappa shape index (κ2) is 19.1. The van der Waals surface area contributed by atoms with Crippen LogP contribution in [0.2, 0.25) is 0 Å². The molecule has 0 bridgehead atoms. The quantitative estimate of drug-likeness (QED) is 0.141. The lowest BCUT2D eigenvalue weighted by atomic mass is 9.63. The minimum Gasteiger partial charge on any atom is -0.310 e. The summed E-state index contributed by atoms with van der Waals surface area (Å²) < 4.78 is 7.77. The maximum atomic E-state index is 2.63. The maximum absolute atomic E-state index is 2.63. The van der Waals surface area contributed by atoms with Crippen molar-refractivity contribution in [2.24, 2.45) is 0 Å². The Labute approximate surface area is 487 Å². The highest BCUT2D eigenvalue weighted by atomic mass is 32.3. The number of para-hydroxylation sites is 1. The van der Waals surface area contributed by atoms with Crippen LogP contribution in [0.15, 0.2) is 171 Å². The molecule has 0 amide bonds. The van der Waals surface area contributed by atoms with Gasteiger partial charge in [-0.15, -0.1) is 31.9 Å². The highest BCUT2D eigenvalue weighted by molar-refractivity contribution is 8.34. The molecule has 13 aromatic rings. The van der Waals surface area contributed by atoms with Crippen molar-refractivity contribution < 1.29 is 0 Å². The molecule has 0 aliphatic heterocycles. The number of fused-ring (bicyclic) bond motifs is 9. The van der Waals surface area contributed by atoms with E-state index in [4.69, 9.17) is 0 Å². The van der Waals surface area contributed by atoms with E-state index in [2.05, 4.69) is 291 Å². The van der Waals surface area contributed by atoms with Crippen molar-refractivity contribution in [1.82, 2.24) is 13.7 Å². The minimum atomic E-state index is -2.15. The van der Waals surface area contributed by atoms with Gasteiger partial charge in [-0.25, -0.2) is 0 Å². The lowest BCUT2D eigenvalue weighted by molar-refractivity contribution is 1.14. The first-order valence-electron chi connectivity index (χ1n) is 28.6. The number of hydrogen-bond acceptors (Lipinski definition) is 0. The molecule has 0 aliphatic carbocycles. The van der Waals surface area contributed by atoms with Crippen LogP contribution >= 0.6 is 10.0 Å². The van der Waals surface area contributed by atoms with Crippen molar-refractivity contribution >= 4 is 288 Å². The molecule has 0 aliphatic rings. The van der Waals surface area contributed by atoms with E-state index >= 15 is 0 Å². The Balaban J connectivity index is 1.08. The maximum Gasteiger partial charge on any atom is 0.141 e. The van der Waals surface area contributed by atoms with E-state index < -0.39 is 10.0 Å². The largest absolute Gasteiger partial charge is 0.310 e. The molecule has 0 unspecified atom stereocenters. The van der Waals surface area contributed by atoms with Crippen molar-refractivity contribution in [3.8, 4) is 17.1 Å². The lowest BCUT2D eigenvalue weighted by Gasteiger charge is -2.42. The Morgan fingerprint density at radius 1 is 0.225 bits per heavy atom. The number of benzene rings is 10. The molecule has 0 atom stereocenters. The number of hydrogen-bond donors (Lipinski definition) is 0. The lowest BCUT2D eigenvalue weighted by Crippen LogP contribution is -2.49. The number of rotatable bonds is 7. The van der Waals surface area contributed by atoms with E-state index in [-0.39, 0.29) is 0 Å². The first-order chi connectivity index (χ1) is 38.4. The second-order valence-corrected chi connectivity index (χ2v) is 26.5. The van der Waals surface area contributed by atoms with Crippen molar-refractivity contribution in [1.29, 1.82) is 0 Å². The molecule has 3 nitrogen and oxygen atoms in total. The van der Waals surface area contributed by atoms with Crippen LogP contribution < -0.4 is 87.4 Å². The molecule has 80 heavy (non-hydrogen) atoms. The summed E-state index contributed by atoms with van der Waals surface area (Å²) in [5.74, 6) is 0. The van der Waals surface area contributed by atoms with Crippen molar-refractivity contribution in [3.05, 3.63) is 152 Å². The fourth-order valence-electron chi connectivity index (χ4n) is 14.3. The molecule has 0 saturated carbocycles. The average molecular weight is 1030 g/mol. The molecule has 0 N–H and O–H groups in total. The van der Waals surface area contributed by atoms with Gasteiger partial charge in [-0.1, -0.05) is 132 Å². The molecule has 20 heteroatoms. The van der Waals surface area contributed by atoms with E-state index in [1.807, 2.05) is 0 Å². The summed E-state index contributed by atoms with van der Waals surface area (Å²) in [6.45, 7) is 0. The van der Waals surface area contributed by atoms with Crippen molar-refractivity contribution in [3.63, 3.8) is 0 Å². The topological polar surface area (TPSA) is 14.8 Å². The Bertz CT molecular complexity index is 4670. The summed E-state index contributed by atoms with van der Waals surface area (Å²) in [6.07, 6.45) is 0. The van der Waals surface area contributed by atoms with E-state index in [9.17, 15) is 0 Å². The number of aromatic nitrogens is 3. The predicted molar refractivity (Wildman–Crippen MR) is 400 cm³/mol. The van der Waals surface area contributed by atoms with Gasteiger partial charge in [0.1, 0.15) is 126 Å². The summed E-state index contributed by atoms with van der Waals surface area (Å²) in [5, 5.41) is 8.02. The Morgan fingerprint density at radius 3 is 0.938 bits per heavy atom. The first-order valence-corrected chi connectivity index (χ1v) is 30.2. The highest BCUT2D eigenvalue weighted by Crippen LogP contribution is 2.73. The molecule has 366 valence electrons. The van der Waals surface area contributed by atoms with Gasteiger partial charge in [0.15, 0.2) is 0 Å². The van der Waals surface area contributed by atoms with Crippen LogP contribution in [0, 0.1) is 0 Å². The zero-order chi connectivity index (χ0) is 56.1. The molecule has 3 heterocycles. The van der Waals surface area contributed by atoms with E-state index in [1.54, 1.807) is 0 Å². The van der Waals surface area contributed by atoms with Gasteiger partial charge in [-0.2, -0.15) is 0 Å². The molecular weight excluding hydrogens is 968 g/mol. The van der Waals surface area contributed by atoms with Crippen LogP contribution in [-0.4, -0.2) is 139 Å². The van der Waals surface area contributed by atoms with E-state index in [1.165, 1.54) is 184 Å². The normalized spacial score (nSPS) is 12.2. The minimum absolute atomic E-state index is 1.14. The van der Waals surface area contributed by atoms with Gasteiger partial charge in [-0.05, 0) is 106 Å². The Kier molecular flexibility index (Phi) is 12.5. The zero-order valence-electron chi connectivity index (χ0n) is 49.7. The first kappa shape index (κ1) is 52.4. The average Bonchev–Trinajstić information content (AvgIpc) is 4.35. The molecule has 3 aromatic heterocycles. The standard InChI is InChI=1S/C60H57B16N3S/c61-41-37-38-42(62)46(66)50(70)54(74)58(38)78(57(37)53(73)49(69)45(41)65)27-12-10-18-32(24-27)80(29-13-3-1-4-14-29,30-15-5-2-6-16-30)31-17-9-11-26(23-31)77-35-20-8-7-19-33(35)34-25-28(21-22-36(34)77)79-59-39(43(63)47(67)51(71)55(59)75)40-44(64)48(68)52(72)56(76)60(40)79/h1-25H,61-76H2. The molecule has 10 aromatic carbocycles. The third kappa shape index (κ3) is 7.12. The van der Waals surface area contributed by atoms with Gasteiger partial charge >= 0.3 is 0 Å². The summed E-state index contributed by atoms with van der Waals surface area (Å²) in [4.78, 5) is 5.17. The summed E-state index contributed by atoms with van der Waals surface area (Å²) in [5.41, 5.74) is 33.1. The summed E-state index contributed by atoms with van der Waals surface area (Å²) in [7, 11) is 35.0. The number of nitrogens with zero attached hydrogens (tertiary/aromatic N) is 3. The van der Waals surface area contributed by atoms with Crippen LogP contribution in [0.25, 0.3) is 82.5 Å². The van der Waals surface area contributed by atoms with Crippen LogP contribution in [0.1, 0.15) is 0 Å². The van der Waals surface area contributed by atoms with Crippen LogP contribution in [0.5, 0.6) is 0 Å². The van der Waals surface area contributed by atoms with Gasteiger partial charge in [0.25, 0.3) is 0 Å². The van der Waals surface area contributed by atoms with Crippen molar-refractivity contribution in [2.75, 3.05) is 0 Å². The van der Waals surface area contributed by atoms with Gasteiger partial charge in [0, 0.05) is 69.5 Å². The fourth-order valence-corrected chi connectivity index (χ4v) is 18.2. The third-order valence-corrected chi connectivity index (χ3v) is 23.9. The monoisotopic (exact) mass is 1030 g/mol. The van der Waals surface area contributed by atoms with Crippen LogP contribution in [0.3, 0.4) is 0 Å². The SMILES string of the molecule is Bc1c(B)c(B)c2c(c1B)c1c(B)c(B)c(B)c(B)c1n2-c1cccc(S(c2ccccc2)(c2ccccc2)c2cccc(-n3c4ccccc4c4cc(-n5c6c(B)c(B)c(B)c(B)c6c6c(B)c(B)c(B)c(B)c65)ccc43)c2)c1. The molecule has 0 fully saturated rings. The molecule has 13 rings (SSSR count). The van der Waals surface area contributed by atoms with Crippen molar-refractivity contribution in [2.45, 2.75) is 19.6 Å². The van der Waals surface area contributed by atoms with Gasteiger partial charge in [0.2, 0.25) is 0 Å². The van der Waals surface area contributed by atoms with Gasteiger partial charge in [0.05, 0.1) is 11.0 Å². The second-order valence-electron chi connectivity index (χ2n) is 23.4. The highest BCUT2D eigenvalue weighted by Gasteiger charge is 2.35. The molecule has 0 spiro atoms. The smallest absolute Gasteiger partial charge is 0.141 e. The fraction of sp³-hybridized carbons (Fsp3) is 0. The predicted octanol–water partition coefficient (Wildman–Crippen LogP) is -11.5. The molecular formula is C60H57B16N3S. The van der Waals surface area contributed by atoms with Gasteiger partial charge < -0.3 is 13.7 Å². The Morgan fingerprint density at radius 2 is 0.537 bits per heavy atom. The van der Waals surface area contributed by atoms with Crippen LogP contribution in [0.4, 0.5) is 0 Å².